The van der Waals surface area contributed by atoms with Crippen LogP contribution in [0.5, 0.6) is 0 Å². The van der Waals surface area contributed by atoms with Gasteiger partial charge in [0.25, 0.3) is 5.91 Å². The molecule has 0 unspecified atom stereocenters. The van der Waals surface area contributed by atoms with Crippen LogP contribution in [0.1, 0.15) is 44.2 Å². The van der Waals surface area contributed by atoms with E-state index in [0.717, 1.165) is 41.7 Å². The predicted octanol–water partition coefficient (Wildman–Crippen LogP) is 6.22. The minimum absolute atomic E-state index is 0.125. The van der Waals surface area contributed by atoms with Gasteiger partial charge in [0.1, 0.15) is 5.71 Å². The summed E-state index contributed by atoms with van der Waals surface area (Å²) in [5, 5.41) is 9.71. The van der Waals surface area contributed by atoms with E-state index in [4.69, 9.17) is 28.3 Å². The van der Waals surface area contributed by atoms with Crippen molar-refractivity contribution in [2.24, 2.45) is 11.0 Å². The smallest absolute Gasteiger partial charge is 0.282 e. The number of anilines is 1. The van der Waals surface area contributed by atoms with Crippen molar-refractivity contribution in [1.82, 2.24) is 10.4 Å². The fourth-order valence-corrected chi connectivity index (χ4v) is 4.99. The van der Waals surface area contributed by atoms with Crippen LogP contribution in [0, 0.1) is 5.92 Å². The highest BCUT2D eigenvalue weighted by atomic mass is 79.9. The van der Waals surface area contributed by atoms with Gasteiger partial charge in [-0.15, -0.1) is 0 Å². The van der Waals surface area contributed by atoms with Crippen LogP contribution < -0.4 is 10.4 Å². The zero-order valence-corrected chi connectivity index (χ0v) is 20.4. The quantitative estimate of drug-likeness (QED) is 0.517. The summed E-state index contributed by atoms with van der Waals surface area (Å²) in [7, 11) is 0. The number of rotatable bonds is 4. The number of carbonyl (C=O) groups is 1. The predicted molar refractivity (Wildman–Crippen MR) is 131 cm³/mol. The Hall–Kier alpha value is -1.60. The van der Waals surface area contributed by atoms with Crippen molar-refractivity contribution in [1.29, 1.82) is 0 Å². The average Bonchev–Trinajstić information content (AvgIpc) is 2.89. The lowest BCUT2D eigenvalue weighted by molar-refractivity contribution is -0.119. The molecule has 4 rings (SSSR count). The lowest BCUT2D eigenvalue weighted by Gasteiger charge is -2.28. The molecule has 31 heavy (non-hydrogen) atoms. The summed E-state index contributed by atoms with van der Waals surface area (Å²) < 4.78 is 0.998. The molecule has 0 spiro atoms. The van der Waals surface area contributed by atoms with E-state index in [0.29, 0.717) is 15.8 Å². The molecule has 2 aromatic carbocycles. The van der Waals surface area contributed by atoms with E-state index in [1.165, 1.54) is 12.8 Å². The van der Waals surface area contributed by atoms with Crippen molar-refractivity contribution in [3.05, 3.63) is 62.5 Å². The Kier molecular flexibility index (Phi) is 7.22. The summed E-state index contributed by atoms with van der Waals surface area (Å²) in [4.78, 5) is 13.2. The van der Waals surface area contributed by atoms with Gasteiger partial charge < -0.3 is 0 Å². The molecule has 1 fully saturated rings. The molecule has 0 aliphatic carbocycles. The molecule has 0 bridgehead atoms. The van der Waals surface area contributed by atoms with Crippen molar-refractivity contribution < 1.29 is 4.79 Å². The van der Waals surface area contributed by atoms with Crippen molar-refractivity contribution in [3.63, 3.8) is 0 Å². The molecule has 0 aromatic heterocycles. The van der Waals surface area contributed by atoms with Crippen LogP contribution in [0.3, 0.4) is 0 Å². The number of hydrazine groups is 1. The van der Waals surface area contributed by atoms with Gasteiger partial charge in [0.15, 0.2) is 0 Å². The maximum atomic E-state index is 13.2. The first-order chi connectivity index (χ1) is 14.9. The van der Waals surface area contributed by atoms with Crippen molar-refractivity contribution in [3.8, 4) is 0 Å². The number of nitrogens with one attached hydrogen (secondary N) is 1. The first-order valence-corrected chi connectivity index (χ1v) is 12.1. The summed E-state index contributed by atoms with van der Waals surface area (Å²) >= 11 is 16.1. The second-order valence-electron chi connectivity index (χ2n) is 8.05. The van der Waals surface area contributed by atoms with Crippen molar-refractivity contribution in [2.75, 3.05) is 18.1 Å². The Morgan fingerprint density at radius 1 is 1.06 bits per heavy atom. The Labute approximate surface area is 201 Å². The summed E-state index contributed by atoms with van der Waals surface area (Å²) in [6.45, 7) is 3.78. The molecule has 2 atom stereocenters. The van der Waals surface area contributed by atoms with Crippen LogP contribution in [0.25, 0.3) is 0 Å². The molecule has 5 nitrogen and oxygen atoms in total. The maximum Gasteiger partial charge on any atom is 0.282 e. The van der Waals surface area contributed by atoms with Gasteiger partial charge in [-0.3, -0.25) is 15.2 Å². The third-order valence-corrected chi connectivity index (χ3v) is 6.92. The number of hydrogen-bond donors (Lipinski definition) is 1. The van der Waals surface area contributed by atoms with E-state index >= 15 is 0 Å². The molecule has 2 aliphatic heterocycles. The normalized spacial score (nSPS) is 22.2. The van der Waals surface area contributed by atoms with Gasteiger partial charge in [-0.1, -0.05) is 71.0 Å². The highest BCUT2D eigenvalue weighted by Crippen LogP contribution is 2.42. The van der Waals surface area contributed by atoms with E-state index in [1.807, 2.05) is 47.3 Å². The van der Waals surface area contributed by atoms with Gasteiger partial charge in [-0.25, -0.2) is 5.01 Å². The van der Waals surface area contributed by atoms with E-state index in [9.17, 15) is 4.79 Å². The molecule has 0 radical (unpaired) electrons. The van der Waals surface area contributed by atoms with Crippen molar-refractivity contribution in [2.45, 2.75) is 38.6 Å². The Morgan fingerprint density at radius 3 is 2.39 bits per heavy atom. The van der Waals surface area contributed by atoms with Gasteiger partial charge >= 0.3 is 0 Å². The van der Waals surface area contributed by atoms with Crippen LogP contribution in [0.4, 0.5) is 5.69 Å². The molecule has 2 aromatic rings. The Bertz CT molecular complexity index is 974. The third kappa shape index (κ3) is 5.08. The Morgan fingerprint density at radius 2 is 1.74 bits per heavy atom. The van der Waals surface area contributed by atoms with Crippen LogP contribution >= 0.6 is 39.1 Å². The van der Waals surface area contributed by atoms with Crippen LogP contribution in [0.2, 0.25) is 10.0 Å². The average molecular weight is 524 g/mol. The topological polar surface area (TPSA) is 47.9 Å². The summed E-state index contributed by atoms with van der Waals surface area (Å²) in [6, 6.07) is 13.3. The van der Waals surface area contributed by atoms with Crippen LogP contribution in [-0.2, 0) is 4.79 Å². The summed E-state index contributed by atoms with van der Waals surface area (Å²) in [5.41, 5.74) is 5.37. The number of nitrogens with zero attached hydrogens (tertiary/aromatic N) is 3. The fourth-order valence-electron chi connectivity index (χ4n) is 4.23. The summed E-state index contributed by atoms with van der Waals surface area (Å²) in [6.07, 6.45) is 4.60. The first kappa shape index (κ1) is 22.6. The molecular formula is C23H25BrCl2N4O. The molecule has 2 heterocycles. The van der Waals surface area contributed by atoms with Gasteiger partial charge in [0, 0.05) is 28.5 Å². The standard InChI is InChI=1S/C23H25BrCl2N4O/c1-15-21(23(31)28-29-12-4-2-3-5-13-29)27-30(20-11-10-18(25)14-19(20)26)22(15)16-6-8-17(24)9-7-16/h6-11,14-15,22H,2-5,12-13H2,1H3,(H,28,31)/t15-,22-/m0/s1. The number of halogens is 3. The van der Waals surface area contributed by atoms with Gasteiger partial charge in [0.05, 0.1) is 16.8 Å². The van der Waals surface area contributed by atoms with Crippen molar-refractivity contribution >= 4 is 56.4 Å². The Balaban J connectivity index is 1.66. The molecule has 8 heteroatoms. The van der Waals surface area contributed by atoms with E-state index in [2.05, 4.69) is 21.4 Å². The first-order valence-electron chi connectivity index (χ1n) is 10.6. The zero-order chi connectivity index (χ0) is 22.0. The number of hydrogen-bond acceptors (Lipinski definition) is 4. The SMILES string of the molecule is C[C@H]1C(C(=O)NN2CCCCCC2)=NN(c2ccc(Cl)cc2Cl)[C@@H]1c1ccc(Br)cc1. The molecule has 0 saturated carbocycles. The lowest BCUT2D eigenvalue weighted by Crippen LogP contribution is -2.46. The van der Waals surface area contributed by atoms with E-state index in [1.54, 1.807) is 12.1 Å². The van der Waals surface area contributed by atoms with Gasteiger partial charge in [-0.2, -0.15) is 5.10 Å². The highest BCUT2D eigenvalue weighted by molar-refractivity contribution is 9.10. The number of benzene rings is 2. The van der Waals surface area contributed by atoms with Gasteiger partial charge in [-0.05, 0) is 48.7 Å². The maximum absolute atomic E-state index is 13.2. The lowest BCUT2D eigenvalue weighted by atomic mass is 9.91. The summed E-state index contributed by atoms with van der Waals surface area (Å²) in [5.74, 6) is -0.274. The number of hydrazone groups is 1. The minimum atomic E-state index is -0.156. The monoisotopic (exact) mass is 522 g/mol. The number of carbonyl (C=O) groups excluding carboxylic acids is 1. The zero-order valence-electron chi connectivity index (χ0n) is 17.3. The van der Waals surface area contributed by atoms with Crippen LogP contribution in [-0.4, -0.2) is 29.7 Å². The van der Waals surface area contributed by atoms with Crippen LogP contribution in [0.15, 0.2) is 52.0 Å². The molecule has 164 valence electrons. The highest BCUT2D eigenvalue weighted by Gasteiger charge is 2.40. The van der Waals surface area contributed by atoms with E-state index < -0.39 is 0 Å². The molecule has 1 amide bonds. The number of amides is 1. The fraction of sp³-hybridized carbons (Fsp3) is 0.391. The van der Waals surface area contributed by atoms with E-state index in [-0.39, 0.29) is 17.9 Å². The second kappa shape index (κ2) is 9.90. The van der Waals surface area contributed by atoms with Gasteiger partial charge in [0.2, 0.25) is 0 Å². The molecule has 1 saturated heterocycles. The largest absolute Gasteiger partial charge is 0.284 e. The molecule has 1 N–H and O–H groups in total. The molecular weight excluding hydrogens is 499 g/mol. The minimum Gasteiger partial charge on any atom is -0.284 e. The third-order valence-electron chi connectivity index (χ3n) is 5.85. The molecule has 2 aliphatic rings. The second-order valence-corrected chi connectivity index (χ2v) is 9.81.